The summed E-state index contributed by atoms with van der Waals surface area (Å²) in [6.45, 7) is 9.74. The summed E-state index contributed by atoms with van der Waals surface area (Å²) in [4.78, 5) is 46.2. The number of hydrogen-bond donors (Lipinski definition) is 4. The molecular formula is C38H43BF6N6O5. The lowest BCUT2D eigenvalue weighted by atomic mass is 9.43. The summed E-state index contributed by atoms with van der Waals surface area (Å²) in [7, 11) is -0.770. The van der Waals surface area contributed by atoms with Crippen molar-refractivity contribution in [1.29, 1.82) is 0 Å². The molecule has 2 bridgehead atoms. The second-order valence-electron chi connectivity index (χ2n) is 16.3. The molecule has 8 rings (SSSR count). The van der Waals surface area contributed by atoms with Crippen molar-refractivity contribution in [3.8, 4) is 0 Å². The van der Waals surface area contributed by atoms with E-state index in [1.807, 2.05) is 6.92 Å². The van der Waals surface area contributed by atoms with Gasteiger partial charge in [-0.25, -0.2) is 9.78 Å². The Bertz CT molecular complexity index is 2100. The number of nitrogens with one attached hydrogen (secondary N) is 4. The van der Waals surface area contributed by atoms with Crippen molar-refractivity contribution in [2.45, 2.75) is 108 Å². The first kappa shape index (κ1) is 39.7. The number of carbonyl (C=O) groups is 2. The summed E-state index contributed by atoms with van der Waals surface area (Å²) in [6, 6.07) is 6.46. The van der Waals surface area contributed by atoms with Crippen LogP contribution in [0.5, 0.6) is 0 Å². The molecule has 5 aliphatic rings. The van der Waals surface area contributed by atoms with Crippen LogP contribution in [0.3, 0.4) is 0 Å². The molecule has 4 fully saturated rings. The van der Waals surface area contributed by atoms with E-state index in [1.165, 1.54) is 25.1 Å². The molecule has 2 aliphatic heterocycles. The van der Waals surface area contributed by atoms with Crippen molar-refractivity contribution in [2.75, 3.05) is 10.6 Å². The van der Waals surface area contributed by atoms with Gasteiger partial charge in [0.05, 0.1) is 40.5 Å². The number of hydrogen-bond acceptors (Lipinski definition) is 7. The molecule has 3 aromatic rings. The molecule has 11 nitrogen and oxygen atoms in total. The topological polar surface area (TPSA) is 136 Å². The number of alkyl halides is 6. The summed E-state index contributed by atoms with van der Waals surface area (Å²) >= 11 is 0. The molecule has 1 saturated heterocycles. The van der Waals surface area contributed by atoms with Gasteiger partial charge in [-0.15, -0.1) is 0 Å². The van der Waals surface area contributed by atoms with Crippen molar-refractivity contribution in [3.05, 3.63) is 87.6 Å². The number of urea groups is 1. The van der Waals surface area contributed by atoms with Crippen LogP contribution in [0.4, 0.5) is 42.5 Å². The first-order valence-corrected chi connectivity index (χ1v) is 18.6. The van der Waals surface area contributed by atoms with Gasteiger partial charge in [-0.1, -0.05) is 39.0 Å². The molecule has 0 unspecified atom stereocenters. The molecule has 2 aromatic carbocycles. The zero-order chi connectivity index (χ0) is 40.6. The Hall–Kier alpha value is -4.58. The highest BCUT2D eigenvalue weighted by Crippen LogP contribution is 2.65. The maximum absolute atomic E-state index is 14.3. The van der Waals surface area contributed by atoms with E-state index in [-0.39, 0.29) is 53.2 Å². The zero-order valence-electron chi connectivity index (χ0n) is 31.4. The van der Waals surface area contributed by atoms with Crippen molar-refractivity contribution in [1.82, 2.24) is 20.2 Å². The van der Waals surface area contributed by atoms with Gasteiger partial charge >= 0.3 is 25.5 Å². The quantitative estimate of drug-likeness (QED) is 0.135. The highest BCUT2D eigenvalue weighted by Gasteiger charge is 2.68. The van der Waals surface area contributed by atoms with Crippen LogP contribution in [0, 0.1) is 17.3 Å². The Labute approximate surface area is 319 Å². The number of aromatic nitrogens is 2. The van der Waals surface area contributed by atoms with Crippen LogP contribution in [0.15, 0.2) is 59.5 Å². The molecule has 300 valence electrons. The van der Waals surface area contributed by atoms with E-state index in [0.717, 1.165) is 53.9 Å². The maximum Gasteiger partial charge on any atom is 0.481 e. The molecule has 18 heteroatoms. The molecule has 3 aliphatic carbocycles. The second-order valence-corrected chi connectivity index (χ2v) is 16.3. The SMILES string of the molecule is CC[C@H](NC(=O)[C@@H]1C[C@@](C)(NC(=O)Nc2cccc(C(F)(F)F)c2)c2ncc(NCc3cccc(C(F)(F)F)c3)c(=O)n21)B1O[C@@H]2C[C@@H]3C[C@@H](C3(C)C)[C@]2(C)O1. The Morgan fingerprint density at radius 1 is 1.00 bits per heavy atom. The van der Waals surface area contributed by atoms with Gasteiger partial charge in [0.1, 0.15) is 17.6 Å². The third-order valence-electron chi connectivity index (χ3n) is 12.3. The monoisotopic (exact) mass is 788 g/mol. The minimum absolute atomic E-state index is 0.0200. The first-order chi connectivity index (χ1) is 26.1. The summed E-state index contributed by atoms with van der Waals surface area (Å²) in [5, 5.41) is 10.9. The molecule has 0 spiro atoms. The Morgan fingerprint density at radius 2 is 1.68 bits per heavy atom. The third-order valence-corrected chi connectivity index (χ3v) is 12.3. The number of halogens is 6. The summed E-state index contributed by atoms with van der Waals surface area (Å²) in [5.41, 5.74) is -4.55. The number of anilines is 2. The lowest BCUT2D eigenvalue weighted by molar-refractivity contribution is -0.199. The van der Waals surface area contributed by atoms with E-state index >= 15 is 0 Å². The van der Waals surface area contributed by atoms with E-state index in [1.54, 1.807) is 0 Å². The Morgan fingerprint density at radius 3 is 2.34 bits per heavy atom. The minimum atomic E-state index is -4.65. The average molecular weight is 789 g/mol. The predicted molar refractivity (Wildman–Crippen MR) is 194 cm³/mol. The Kier molecular flexibility index (Phi) is 9.78. The number of nitrogens with zero attached hydrogens (tertiary/aromatic N) is 2. The maximum atomic E-state index is 14.3. The zero-order valence-corrected chi connectivity index (χ0v) is 31.4. The molecule has 3 saturated carbocycles. The van der Waals surface area contributed by atoms with Gasteiger partial charge in [-0.2, -0.15) is 26.3 Å². The van der Waals surface area contributed by atoms with Crippen LogP contribution < -0.4 is 26.8 Å². The van der Waals surface area contributed by atoms with Gasteiger partial charge in [-0.05, 0) is 86.3 Å². The fourth-order valence-electron chi connectivity index (χ4n) is 9.13. The highest BCUT2D eigenvalue weighted by atomic mass is 19.4. The molecule has 1 aromatic heterocycles. The van der Waals surface area contributed by atoms with Gasteiger partial charge in [0, 0.05) is 18.7 Å². The predicted octanol–water partition coefficient (Wildman–Crippen LogP) is 7.04. The molecule has 4 N–H and O–H groups in total. The molecule has 3 amide bonds. The average Bonchev–Trinajstić information content (AvgIpc) is 3.63. The van der Waals surface area contributed by atoms with Crippen LogP contribution in [0.25, 0.3) is 0 Å². The van der Waals surface area contributed by atoms with E-state index < -0.39 is 71.2 Å². The number of rotatable bonds is 9. The van der Waals surface area contributed by atoms with Crippen LogP contribution >= 0.6 is 0 Å². The largest absolute Gasteiger partial charge is 0.481 e. The standard InChI is InChI=1S/C38H43BF6N6O5/c1-6-29(39-55-28-16-23-15-27(34(23,2)3)36(28,5)56-39)49-30(52)26-17-35(4,50-33(54)48-24-12-8-11-22(14-24)38(43,44)45)32-47-19-25(31(53)51(26)32)46-18-20-9-7-10-21(13-20)37(40,41)42/h7-14,19,23,26-29,46H,6,15-18H2,1-5H3,(H,49,52)(H2,48,50,54)/t23-,26-,27-,28+,29-,35+,36-/m0/s1. The molecule has 7 atom stereocenters. The van der Waals surface area contributed by atoms with Crippen molar-refractivity contribution in [2.24, 2.45) is 17.3 Å². The smallest absolute Gasteiger partial charge is 0.404 e. The molecule has 56 heavy (non-hydrogen) atoms. The fourth-order valence-corrected chi connectivity index (χ4v) is 9.13. The van der Waals surface area contributed by atoms with Crippen molar-refractivity contribution >= 4 is 30.4 Å². The van der Waals surface area contributed by atoms with Gasteiger partial charge in [0.15, 0.2) is 0 Å². The van der Waals surface area contributed by atoms with Crippen molar-refractivity contribution < 1.29 is 45.2 Å². The second kappa shape index (κ2) is 13.8. The summed E-state index contributed by atoms with van der Waals surface area (Å²) < 4.78 is 94.3. The van der Waals surface area contributed by atoms with E-state index in [9.17, 15) is 40.7 Å². The van der Waals surface area contributed by atoms with Crippen LogP contribution in [-0.4, -0.2) is 46.3 Å². The normalized spacial score (nSPS) is 28.1. The van der Waals surface area contributed by atoms with E-state index in [2.05, 4.69) is 47.0 Å². The van der Waals surface area contributed by atoms with Crippen LogP contribution in [0.2, 0.25) is 0 Å². The van der Waals surface area contributed by atoms with Gasteiger partial charge < -0.3 is 30.6 Å². The number of fused-ring (bicyclic) bond motifs is 1. The molecule has 0 radical (unpaired) electrons. The summed E-state index contributed by atoms with van der Waals surface area (Å²) in [6.07, 6.45) is -6.12. The first-order valence-electron chi connectivity index (χ1n) is 18.6. The minimum Gasteiger partial charge on any atom is -0.404 e. The van der Waals surface area contributed by atoms with Gasteiger partial charge in [0.25, 0.3) is 5.56 Å². The number of carbonyl (C=O) groups excluding carboxylic acids is 2. The lowest BCUT2D eigenvalue weighted by Gasteiger charge is -2.64. The van der Waals surface area contributed by atoms with Gasteiger partial charge in [-0.3, -0.25) is 14.2 Å². The number of amides is 3. The van der Waals surface area contributed by atoms with Crippen molar-refractivity contribution in [3.63, 3.8) is 0 Å². The van der Waals surface area contributed by atoms with Crippen LogP contribution in [-0.2, 0) is 38.5 Å². The molecule has 3 heterocycles. The highest BCUT2D eigenvalue weighted by molar-refractivity contribution is 6.47. The fraction of sp³-hybridized carbons (Fsp3) is 0.526. The number of benzene rings is 2. The summed E-state index contributed by atoms with van der Waals surface area (Å²) in [5.74, 6) is -0.460. The van der Waals surface area contributed by atoms with E-state index in [0.29, 0.717) is 12.3 Å². The Balaban J connectivity index is 1.15. The lowest BCUT2D eigenvalue weighted by Crippen LogP contribution is -2.65. The van der Waals surface area contributed by atoms with Crippen LogP contribution in [0.1, 0.15) is 88.9 Å². The van der Waals surface area contributed by atoms with E-state index in [4.69, 9.17) is 9.31 Å². The molecular weight excluding hydrogens is 745 g/mol. The van der Waals surface area contributed by atoms with Gasteiger partial charge in [0.2, 0.25) is 5.91 Å². The third kappa shape index (κ3) is 7.03.